The number of nitrogens with two attached hydrogens (primary N) is 1. The summed E-state index contributed by atoms with van der Waals surface area (Å²) in [5, 5.41) is 4.69. The summed E-state index contributed by atoms with van der Waals surface area (Å²) < 4.78 is 0. The third-order valence-electron chi connectivity index (χ3n) is 2.39. The number of carbonyl (C=O) groups excluding carboxylic acids is 1. The summed E-state index contributed by atoms with van der Waals surface area (Å²) >= 11 is 1.41. The van der Waals surface area contributed by atoms with Crippen LogP contribution in [0.4, 0.5) is 0 Å². The predicted octanol–water partition coefficient (Wildman–Crippen LogP) is 2.48. The number of thiazole rings is 1. The van der Waals surface area contributed by atoms with E-state index in [4.69, 9.17) is 5.73 Å². The summed E-state index contributed by atoms with van der Waals surface area (Å²) in [6, 6.07) is 0. The molecule has 18 heavy (non-hydrogen) atoms. The Morgan fingerprint density at radius 3 is 2.56 bits per heavy atom. The zero-order valence-corrected chi connectivity index (χ0v) is 13.3. The van der Waals surface area contributed by atoms with Crippen LogP contribution in [0.15, 0.2) is 10.9 Å². The fourth-order valence-electron chi connectivity index (χ4n) is 1.75. The maximum atomic E-state index is 11.8. The van der Waals surface area contributed by atoms with Gasteiger partial charge in [-0.3, -0.25) is 4.79 Å². The third-order valence-corrected chi connectivity index (χ3v) is 2.98. The first kappa shape index (κ1) is 20.0. The van der Waals surface area contributed by atoms with Gasteiger partial charge in [-0.15, -0.1) is 36.2 Å². The van der Waals surface area contributed by atoms with E-state index in [1.54, 1.807) is 10.9 Å². The highest BCUT2D eigenvalue weighted by Crippen LogP contribution is 2.16. The van der Waals surface area contributed by atoms with Gasteiger partial charge in [0.05, 0.1) is 11.0 Å². The predicted molar refractivity (Wildman–Crippen MR) is 81.0 cm³/mol. The Bertz CT molecular complexity index is 346. The Labute approximate surface area is 125 Å². The number of hydrogen-bond donors (Lipinski definition) is 2. The maximum absolute atomic E-state index is 11.8. The van der Waals surface area contributed by atoms with E-state index < -0.39 is 0 Å². The van der Waals surface area contributed by atoms with Gasteiger partial charge in [-0.1, -0.05) is 13.8 Å². The zero-order valence-electron chi connectivity index (χ0n) is 10.8. The average Bonchev–Trinajstić information content (AvgIpc) is 2.69. The molecule has 4 nitrogen and oxygen atoms in total. The van der Waals surface area contributed by atoms with Crippen molar-refractivity contribution in [2.75, 3.05) is 6.54 Å². The van der Waals surface area contributed by atoms with Crippen molar-refractivity contribution in [1.82, 2.24) is 10.3 Å². The summed E-state index contributed by atoms with van der Waals surface area (Å²) in [7, 11) is 0. The van der Waals surface area contributed by atoms with Crippen molar-refractivity contribution < 1.29 is 4.79 Å². The van der Waals surface area contributed by atoms with Crippen molar-refractivity contribution in [3.63, 3.8) is 0 Å². The molecule has 1 aromatic rings. The lowest BCUT2D eigenvalue weighted by Gasteiger charge is -2.30. The van der Waals surface area contributed by atoms with Gasteiger partial charge in [0, 0.05) is 11.9 Å². The normalized spacial score (nSPS) is 13.2. The Morgan fingerprint density at radius 1 is 1.56 bits per heavy atom. The van der Waals surface area contributed by atoms with Crippen LogP contribution in [-0.2, 0) is 0 Å². The Kier molecular flexibility index (Phi) is 9.64. The largest absolute Gasteiger partial charge is 0.344 e. The molecule has 0 fully saturated rings. The molecule has 1 amide bonds. The van der Waals surface area contributed by atoms with Gasteiger partial charge in [-0.05, 0) is 19.3 Å². The second kappa shape index (κ2) is 8.69. The van der Waals surface area contributed by atoms with Crippen LogP contribution in [0.3, 0.4) is 0 Å². The van der Waals surface area contributed by atoms with Crippen LogP contribution in [0, 0.1) is 5.92 Å². The maximum Gasteiger partial charge on any atom is 0.271 e. The molecule has 1 atom stereocenters. The molecule has 0 aliphatic carbocycles. The van der Waals surface area contributed by atoms with E-state index in [1.807, 2.05) is 6.92 Å². The topological polar surface area (TPSA) is 68.0 Å². The van der Waals surface area contributed by atoms with Gasteiger partial charge in [-0.25, -0.2) is 4.98 Å². The summed E-state index contributed by atoms with van der Waals surface area (Å²) in [6.45, 7) is 6.63. The Balaban J connectivity index is 0. The number of halogens is 2. The van der Waals surface area contributed by atoms with E-state index in [0.717, 1.165) is 6.42 Å². The Morgan fingerprint density at radius 2 is 2.17 bits per heavy atom. The minimum atomic E-state index is -0.352. The summed E-state index contributed by atoms with van der Waals surface area (Å²) in [4.78, 5) is 15.8. The van der Waals surface area contributed by atoms with Gasteiger partial charge in [0.2, 0.25) is 0 Å². The number of carbonyl (C=O) groups is 1. The first-order chi connectivity index (χ1) is 7.47. The SMILES string of the molecule is CC(C)CC(C)(CN)NC(=O)c1cscn1.Cl.Cl. The number of hydrogen-bond acceptors (Lipinski definition) is 4. The molecule has 1 unspecified atom stereocenters. The molecule has 0 aliphatic rings. The molecule has 7 heteroatoms. The molecule has 0 spiro atoms. The smallest absolute Gasteiger partial charge is 0.271 e. The third kappa shape index (κ3) is 6.00. The second-order valence-corrected chi connectivity index (χ2v) is 5.41. The Hall–Kier alpha value is -0.360. The van der Waals surface area contributed by atoms with Gasteiger partial charge in [-0.2, -0.15) is 0 Å². The van der Waals surface area contributed by atoms with Crippen molar-refractivity contribution in [2.45, 2.75) is 32.7 Å². The minimum Gasteiger partial charge on any atom is -0.344 e. The highest BCUT2D eigenvalue weighted by atomic mass is 35.5. The first-order valence-electron chi connectivity index (χ1n) is 5.37. The van der Waals surface area contributed by atoms with Gasteiger partial charge in [0.1, 0.15) is 5.69 Å². The van der Waals surface area contributed by atoms with Crippen LogP contribution in [0.1, 0.15) is 37.7 Å². The fourth-order valence-corrected chi connectivity index (χ4v) is 2.28. The summed E-state index contributed by atoms with van der Waals surface area (Å²) in [5.41, 5.74) is 7.49. The molecule has 0 aromatic carbocycles. The second-order valence-electron chi connectivity index (χ2n) is 4.69. The molecule has 1 heterocycles. The van der Waals surface area contributed by atoms with Crippen LogP contribution in [0.5, 0.6) is 0 Å². The minimum absolute atomic E-state index is 0. The van der Waals surface area contributed by atoms with Crippen LogP contribution < -0.4 is 11.1 Å². The van der Waals surface area contributed by atoms with Gasteiger partial charge >= 0.3 is 0 Å². The molecule has 0 saturated carbocycles. The number of nitrogens with zero attached hydrogens (tertiary/aromatic N) is 1. The lowest BCUT2D eigenvalue weighted by atomic mass is 9.90. The van der Waals surface area contributed by atoms with E-state index in [1.165, 1.54) is 11.3 Å². The molecular weight excluding hydrogens is 293 g/mol. The molecule has 106 valence electrons. The molecule has 0 bridgehead atoms. The standard InChI is InChI=1S/C11H19N3OS.2ClH/c1-8(2)4-11(3,6-12)14-10(15)9-5-16-7-13-9;;/h5,7-8H,4,6,12H2,1-3H3,(H,14,15);2*1H. The van der Waals surface area contributed by atoms with E-state index in [-0.39, 0.29) is 36.3 Å². The number of rotatable bonds is 5. The lowest BCUT2D eigenvalue weighted by molar-refractivity contribution is 0.0894. The molecular formula is C11H21Cl2N3OS. The molecule has 1 rings (SSSR count). The van der Waals surface area contributed by atoms with Gasteiger partial charge in [0.25, 0.3) is 5.91 Å². The lowest BCUT2D eigenvalue weighted by Crippen LogP contribution is -2.52. The summed E-state index contributed by atoms with van der Waals surface area (Å²) in [5.74, 6) is 0.346. The average molecular weight is 314 g/mol. The van der Waals surface area contributed by atoms with Crippen molar-refractivity contribution in [2.24, 2.45) is 11.7 Å². The molecule has 0 saturated heterocycles. The van der Waals surface area contributed by atoms with Crippen molar-refractivity contribution in [1.29, 1.82) is 0 Å². The number of aromatic nitrogens is 1. The van der Waals surface area contributed by atoms with E-state index in [9.17, 15) is 4.79 Å². The van der Waals surface area contributed by atoms with E-state index >= 15 is 0 Å². The molecule has 1 aromatic heterocycles. The van der Waals surface area contributed by atoms with Crippen molar-refractivity contribution >= 4 is 42.1 Å². The highest BCUT2D eigenvalue weighted by molar-refractivity contribution is 7.07. The van der Waals surface area contributed by atoms with Crippen LogP contribution in [0.25, 0.3) is 0 Å². The van der Waals surface area contributed by atoms with Gasteiger partial charge < -0.3 is 11.1 Å². The van der Waals surface area contributed by atoms with Crippen LogP contribution in [-0.4, -0.2) is 23.0 Å². The van der Waals surface area contributed by atoms with Crippen LogP contribution in [0.2, 0.25) is 0 Å². The molecule has 0 aliphatic heterocycles. The summed E-state index contributed by atoms with van der Waals surface area (Å²) in [6.07, 6.45) is 0.860. The fraction of sp³-hybridized carbons (Fsp3) is 0.636. The van der Waals surface area contributed by atoms with E-state index in [2.05, 4.69) is 24.1 Å². The molecule has 3 N–H and O–H groups in total. The quantitative estimate of drug-likeness (QED) is 0.877. The first-order valence-corrected chi connectivity index (χ1v) is 6.32. The molecule has 0 radical (unpaired) electrons. The van der Waals surface area contributed by atoms with Crippen molar-refractivity contribution in [3.05, 3.63) is 16.6 Å². The highest BCUT2D eigenvalue weighted by Gasteiger charge is 2.26. The van der Waals surface area contributed by atoms with E-state index in [0.29, 0.717) is 18.2 Å². The van der Waals surface area contributed by atoms with Crippen molar-refractivity contribution in [3.8, 4) is 0 Å². The van der Waals surface area contributed by atoms with Crippen LogP contribution >= 0.6 is 36.2 Å². The monoisotopic (exact) mass is 313 g/mol. The number of amides is 1. The zero-order chi connectivity index (χ0) is 12.2. The van der Waals surface area contributed by atoms with Gasteiger partial charge in [0.15, 0.2) is 0 Å². The number of nitrogens with one attached hydrogen (secondary N) is 1.